The number of nitrogens with zero attached hydrogens (tertiary/aromatic N) is 3. The standard InChI is InChI=1S/C20H17N3O2/c1-12-3-5-14(6-4-12)19-22-20(25-23-19)15(11-21)10-16-7-8-18(24-16)17-9-13(17)2/h3-8,10,13,17H,9H2,1-2H3/b15-10+/t13-,17+/m0/s1. The third-order valence-electron chi connectivity index (χ3n) is 4.50. The summed E-state index contributed by atoms with van der Waals surface area (Å²) in [6.07, 6.45) is 2.80. The lowest BCUT2D eigenvalue weighted by atomic mass is 10.1. The lowest BCUT2D eigenvalue weighted by Crippen LogP contribution is -1.84. The molecule has 1 fully saturated rings. The summed E-state index contributed by atoms with van der Waals surface area (Å²) in [7, 11) is 0. The van der Waals surface area contributed by atoms with E-state index in [1.165, 1.54) is 0 Å². The molecule has 0 N–H and O–H groups in total. The van der Waals surface area contributed by atoms with Crippen molar-refractivity contribution < 1.29 is 8.94 Å². The summed E-state index contributed by atoms with van der Waals surface area (Å²) in [5.74, 6) is 3.43. The number of rotatable bonds is 4. The van der Waals surface area contributed by atoms with Gasteiger partial charge in [0.05, 0.1) is 0 Å². The van der Waals surface area contributed by atoms with Crippen molar-refractivity contribution in [2.75, 3.05) is 0 Å². The van der Waals surface area contributed by atoms with Crippen molar-refractivity contribution in [3.05, 3.63) is 59.4 Å². The Bertz CT molecular complexity index is 973. The second-order valence-electron chi connectivity index (χ2n) is 6.52. The molecule has 1 saturated carbocycles. The molecule has 2 aromatic heterocycles. The van der Waals surface area contributed by atoms with E-state index in [0.29, 0.717) is 23.4 Å². The summed E-state index contributed by atoms with van der Waals surface area (Å²) >= 11 is 0. The zero-order valence-electron chi connectivity index (χ0n) is 14.1. The highest BCUT2D eigenvalue weighted by molar-refractivity contribution is 5.85. The Balaban J connectivity index is 1.60. The maximum absolute atomic E-state index is 9.44. The smallest absolute Gasteiger partial charge is 0.269 e. The molecular formula is C20H17N3O2. The van der Waals surface area contributed by atoms with Crippen molar-refractivity contribution in [1.82, 2.24) is 10.1 Å². The maximum Gasteiger partial charge on any atom is 0.269 e. The molecule has 1 aliphatic carbocycles. The highest BCUT2D eigenvalue weighted by Gasteiger charge is 2.36. The van der Waals surface area contributed by atoms with Gasteiger partial charge in [-0.15, -0.1) is 0 Å². The minimum absolute atomic E-state index is 0.191. The molecule has 0 unspecified atom stereocenters. The first-order valence-corrected chi connectivity index (χ1v) is 8.26. The third kappa shape index (κ3) is 3.11. The second-order valence-corrected chi connectivity index (χ2v) is 6.52. The number of aryl methyl sites for hydroxylation is 1. The van der Waals surface area contributed by atoms with Crippen molar-refractivity contribution in [1.29, 1.82) is 5.26 Å². The predicted octanol–water partition coefficient (Wildman–Crippen LogP) is 4.83. The number of furan rings is 1. The van der Waals surface area contributed by atoms with Crippen LogP contribution in [0.15, 0.2) is 45.3 Å². The first-order valence-electron chi connectivity index (χ1n) is 8.26. The van der Waals surface area contributed by atoms with E-state index in [0.717, 1.165) is 23.3 Å². The van der Waals surface area contributed by atoms with Crippen LogP contribution in [0.1, 0.15) is 42.2 Å². The molecular weight excluding hydrogens is 314 g/mol. The molecule has 2 atom stereocenters. The van der Waals surface area contributed by atoms with E-state index < -0.39 is 0 Å². The highest BCUT2D eigenvalue weighted by atomic mass is 16.5. The number of hydrogen-bond acceptors (Lipinski definition) is 5. The molecule has 2 heterocycles. The summed E-state index contributed by atoms with van der Waals surface area (Å²) < 4.78 is 11.1. The minimum atomic E-state index is 0.191. The molecule has 4 rings (SSSR count). The minimum Gasteiger partial charge on any atom is -0.461 e. The highest BCUT2D eigenvalue weighted by Crippen LogP contribution is 2.47. The Morgan fingerprint density at radius 2 is 2.00 bits per heavy atom. The number of nitriles is 1. The maximum atomic E-state index is 9.44. The van der Waals surface area contributed by atoms with Gasteiger partial charge < -0.3 is 8.94 Å². The van der Waals surface area contributed by atoms with Gasteiger partial charge in [0, 0.05) is 17.6 Å². The average Bonchev–Trinajstić information content (AvgIpc) is 3.04. The van der Waals surface area contributed by atoms with Gasteiger partial charge in [-0.3, -0.25) is 0 Å². The van der Waals surface area contributed by atoms with E-state index >= 15 is 0 Å². The summed E-state index contributed by atoms with van der Waals surface area (Å²) in [5.41, 5.74) is 2.29. The SMILES string of the molecule is Cc1ccc(-c2noc(/C(C#N)=C/c3ccc([C@@H]4C[C@@H]4C)o3)n2)cc1. The Hall–Kier alpha value is -3.13. The molecule has 1 aliphatic rings. The molecule has 5 heteroatoms. The Morgan fingerprint density at radius 1 is 1.24 bits per heavy atom. The third-order valence-corrected chi connectivity index (χ3v) is 4.50. The Labute approximate surface area is 145 Å². The number of allylic oxidation sites excluding steroid dienone is 1. The van der Waals surface area contributed by atoms with Gasteiger partial charge in [0.15, 0.2) is 0 Å². The van der Waals surface area contributed by atoms with Gasteiger partial charge in [-0.05, 0) is 31.4 Å². The summed E-state index contributed by atoms with van der Waals surface area (Å²) in [5, 5.41) is 13.4. The van der Waals surface area contributed by atoms with Gasteiger partial charge >= 0.3 is 0 Å². The predicted molar refractivity (Wildman–Crippen MR) is 93.2 cm³/mol. The molecule has 25 heavy (non-hydrogen) atoms. The van der Waals surface area contributed by atoms with Crippen LogP contribution in [-0.2, 0) is 0 Å². The van der Waals surface area contributed by atoms with Crippen LogP contribution < -0.4 is 0 Å². The summed E-state index contributed by atoms with van der Waals surface area (Å²) in [6.45, 7) is 4.22. The molecule has 0 radical (unpaired) electrons. The van der Waals surface area contributed by atoms with Crippen LogP contribution >= 0.6 is 0 Å². The van der Waals surface area contributed by atoms with E-state index in [1.807, 2.05) is 43.3 Å². The monoisotopic (exact) mass is 331 g/mol. The molecule has 0 saturated heterocycles. The Kier molecular flexibility index (Phi) is 3.73. The van der Waals surface area contributed by atoms with Crippen molar-refractivity contribution in [2.45, 2.75) is 26.2 Å². The summed E-state index contributed by atoms with van der Waals surface area (Å²) in [6, 6.07) is 13.8. The molecule has 5 nitrogen and oxygen atoms in total. The first-order chi connectivity index (χ1) is 12.1. The van der Waals surface area contributed by atoms with E-state index in [-0.39, 0.29) is 11.5 Å². The second kappa shape index (κ2) is 6.06. The van der Waals surface area contributed by atoms with E-state index in [9.17, 15) is 5.26 Å². The first kappa shape index (κ1) is 15.4. The van der Waals surface area contributed by atoms with Crippen LogP contribution in [0, 0.1) is 24.2 Å². The summed E-state index contributed by atoms with van der Waals surface area (Å²) in [4.78, 5) is 4.33. The van der Waals surface area contributed by atoms with Gasteiger partial charge in [-0.1, -0.05) is 41.9 Å². The number of benzene rings is 1. The molecule has 3 aromatic rings. The number of aromatic nitrogens is 2. The van der Waals surface area contributed by atoms with Gasteiger partial charge in [-0.25, -0.2) is 0 Å². The van der Waals surface area contributed by atoms with Crippen LogP contribution in [0.3, 0.4) is 0 Å². The normalized spacial score (nSPS) is 19.6. The van der Waals surface area contributed by atoms with E-state index in [2.05, 4.69) is 23.1 Å². The van der Waals surface area contributed by atoms with E-state index in [1.54, 1.807) is 6.08 Å². The zero-order valence-corrected chi connectivity index (χ0v) is 14.1. The fourth-order valence-electron chi connectivity index (χ4n) is 2.80. The molecule has 0 bridgehead atoms. The zero-order chi connectivity index (χ0) is 17.4. The Morgan fingerprint density at radius 3 is 2.68 bits per heavy atom. The average molecular weight is 331 g/mol. The quantitative estimate of drug-likeness (QED) is 0.640. The fraction of sp³-hybridized carbons (Fsp3) is 0.250. The van der Waals surface area contributed by atoms with Gasteiger partial charge in [0.1, 0.15) is 23.2 Å². The van der Waals surface area contributed by atoms with E-state index in [4.69, 9.17) is 8.94 Å². The van der Waals surface area contributed by atoms with Crippen molar-refractivity contribution in [2.24, 2.45) is 5.92 Å². The molecule has 1 aromatic carbocycles. The topological polar surface area (TPSA) is 75.8 Å². The van der Waals surface area contributed by atoms with Crippen molar-refractivity contribution in [3.8, 4) is 17.5 Å². The molecule has 0 amide bonds. The van der Waals surface area contributed by atoms with Crippen molar-refractivity contribution in [3.63, 3.8) is 0 Å². The van der Waals surface area contributed by atoms with Crippen LogP contribution in [0.25, 0.3) is 23.0 Å². The van der Waals surface area contributed by atoms with Gasteiger partial charge in [-0.2, -0.15) is 10.2 Å². The van der Waals surface area contributed by atoms with Crippen molar-refractivity contribution >= 4 is 11.6 Å². The van der Waals surface area contributed by atoms with Gasteiger partial charge in [0.25, 0.3) is 5.89 Å². The fourth-order valence-corrected chi connectivity index (χ4v) is 2.80. The van der Waals surface area contributed by atoms with Crippen LogP contribution in [0.5, 0.6) is 0 Å². The largest absolute Gasteiger partial charge is 0.461 e. The lowest BCUT2D eigenvalue weighted by molar-refractivity contribution is 0.409. The van der Waals surface area contributed by atoms with Crippen LogP contribution in [0.4, 0.5) is 0 Å². The number of hydrogen-bond donors (Lipinski definition) is 0. The lowest BCUT2D eigenvalue weighted by Gasteiger charge is -1.94. The van der Waals surface area contributed by atoms with Crippen LogP contribution in [-0.4, -0.2) is 10.1 Å². The van der Waals surface area contributed by atoms with Gasteiger partial charge in [0.2, 0.25) is 5.82 Å². The molecule has 0 spiro atoms. The molecule has 0 aliphatic heterocycles. The molecule has 124 valence electrons. The van der Waals surface area contributed by atoms with Crippen LogP contribution in [0.2, 0.25) is 0 Å².